The minimum Gasteiger partial charge on any atom is -0.376 e. The first-order valence-corrected chi connectivity index (χ1v) is 7.22. The zero-order chi connectivity index (χ0) is 12.5. The number of para-hydroxylation sites is 1. The van der Waals surface area contributed by atoms with Gasteiger partial charge in [-0.25, -0.2) is 4.39 Å². The van der Waals surface area contributed by atoms with Crippen LogP contribution in [-0.2, 0) is 6.42 Å². The molecule has 0 radical (unpaired) electrons. The molecular weight excluding hydrogens is 269 g/mol. The number of nitrogens with one attached hydrogen (secondary N) is 1. The summed E-state index contributed by atoms with van der Waals surface area (Å²) in [6, 6.07) is 8.99. The lowest BCUT2D eigenvalue weighted by Gasteiger charge is -2.24. The molecule has 1 atom stereocenters. The van der Waals surface area contributed by atoms with Gasteiger partial charge in [-0.3, -0.25) is 0 Å². The number of fused-ring (bicyclic) bond motifs is 1. The van der Waals surface area contributed by atoms with Crippen molar-refractivity contribution in [3.05, 3.63) is 50.9 Å². The quantitative estimate of drug-likeness (QED) is 0.814. The van der Waals surface area contributed by atoms with Crippen molar-refractivity contribution in [1.82, 2.24) is 0 Å². The molecule has 1 nitrogen and oxygen atoms in total. The molecule has 1 heterocycles. The summed E-state index contributed by atoms with van der Waals surface area (Å²) in [5.41, 5.74) is 1.80. The average Bonchev–Trinajstić information content (AvgIpc) is 2.73. The van der Waals surface area contributed by atoms with Gasteiger partial charge in [-0.15, -0.1) is 11.3 Å². The van der Waals surface area contributed by atoms with Crippen LogP contribution < -0.4 is 5.32 Å². The third kappa shape index (κ3) is 2.25. The highest BCUT2D eigenvalue weighted by molar-refractivity contribution is 7.16. The van der Waals surface area contributed by atoms with Gasteiger partial charge in [0.25, 0.3) is 0 Å². The number of hydrogen-bond acceptors (Lipinski definition) is 2. The molecule has 3 rings (SSSR count). The molecule has 0 fully saturated rings. The topological polar surface area (TPSA) is 12.0 Å². The van der Waals surface area contributed by atoms with E-state index in [1.54, 1.807) is 23.5 Å². The number of rotatable bonds is 2. The van der Waals surface area contributed by atoms with Crippen LogP contribution in [0, 0.1) is 5.82 Å². The summed E-state index contributed by atoms with van der Waals surface area (Å²) in [4.78, 5) is 1.33. The average molecular weight is 282 g/mol. The van der Waals surface area contributed by atoms with E-state index < -0.39 is 0 Å². The lowest BCUT2D eigenvalue weighted by molar-refractivity contribution is 0.592. The maximum Gasteiger partial charge on any atom is 0.146 e. The molecule has 0 aliphatic heterocycles. The Labute approximate surface area is 115 Å². The molecule has 0 amide bonds. The Bertz CT molecular complexity index is 567. The molecule has 2 aromatic rings. The molecule has 0 bridgehead atoms. The second-order valence-electron chi connectivity index (χ2n) is 4.50. The molecule has 1 aliphatic carbocycles. The van der Waals surface area contributed by atoms with Gasteiger partial charge in [0, 0.05) is 4.88 Å². The van der Waals surface area contributed by atoms with Gasteiger partial charge in [-0.05, 0) is 43.0 Å². The number of benzene rings is 1. The zero-order valence-corrected chi connectivity index (χ0v) is 11.3. The number of anilines is 1. The molecule has 0 saturated heterocycles. The van der Waals surface area contributed by atoms with Gasteiger partial charge in [-0.2, -0.15) is 0 Å². The number of halogens is 2. The van der Waals surface area contributed by atoms with Crippen LogP contribution in [0.5, 0.6) is 0 Å². The molecule has 4 heteroatoms. The number of thiophene rings is 1. The van der Waals surface area contributed by atoms with Crippen molar-refractivity contribution in [2.45, 2.75) is 25.3 Å². The van der Waals surface area contributed by atoms with Crippen LogP contribution in [0.25, 0.3) is 0 Å². The third-order valence-electron chi connectivity index (χ3n) is 3.29. The Hall–Kier alpha value is -1.06. The molecule has 1 N–H and O–H groups in total. The fourth-order valence-electron chi connectivity index (χ4n) is 2.44. The van der Waals surface area contributed by atoms with Gasteiger partial charge in [0.1, 0.15) is 5.82 Å². The highest BCUT2D eigenvalue weighted by atomic mass is 35.5. The van der Waals surface area contributed by atoms with E-state index in [1.165, 1.54) is 16.5 Å². The summed E-state index contributed by atoms with van der Waals surface area (Å²) in [5.74, 6) is -0.203. The lowest BCUT2D eigenvalue weighted by atomic mass is 9.94. The molecule has 1 unspecified atom stereocenters. The van der Waals surface area contributed by atoms with Crippen molar-refractivity contribution >= 4 is 28.6 Å². The SMILES string of the molecule is Fc1ccccc1NC1CCCc2sc(Cl)cc21. The molecular formula is C14H13ClFNS. The van der Waals surface area contributed by atoms with E-state index in [-0.39, 0.29) is 11.9 Å². The summed E-state index contributed by atoms with van der Waals surface area (Å²) in [7, 11) is 0. The van der Waals surface area contributed by atoms with Gasteiger partial charge in [0.05, 0.1) is 16.1 Å². The summed E-state index contributed by atoms with van der Waals surface area (Å²) < 4.78 is 14.5. The fourth-order valence-corrected chi connectivity index (χ4v) is 3.82. The first kappa shape index (κ1) is 12.0. The Morgan fingerprint density at radius 1 is 1.33 bits per heavy atom. The van der Waals surface area contributed by atoms with Crippen LogP contribution in [0.1, 0.15) is 29.3 Å². The molecule has 94 valence electrons. The Morgan fingerprint density at radius 2 is 2.17 bits per heavy atom. The molecule has 0 spiro atoms. The molecule has 18 heavy (non-hydrogen) atoms. The Kier molecular flexibility index (Phi) is 3.27. The van der Waals surface area contributed by atoms with Gasteiger partial charge in [0.2, 0.25) is 0 Å². The van der Waals surface area contributed by atoms with Gasteiger partial charge in [0.15, 0.2) is 0 Å². The van der Waals surface area contributed by atoms with Crippen LogP contribution in [-0.4, -0.2) is 0 Å². The van der Waals surface area contributed by atoms with Crippen LogP contribution in [0.4, 0.5) is 10.1 Å². The van der Waals surface area contributed by atoms with E-state index in [4.69, 9.17) is 11.6 Å². The predicted molar refractivity (Wildman–Crippen MR) is 75.0 cm³/mol. The Morgan fingerprint density at radius 3 is 3.00 bits per heavy atom. The molecule has 0 saturated carbocycles. The van der Waals surface area contributed by atoms with Crippen molar-refractivity contribution in [3.8, 4) is 0 Å². The van der Waals surface area contributed by atoms with Crippen molar-refractivity contribution in [3.63, 3.8) is 0 Å². The summed E-state index contributed by atoms with van der Waals surface area (Å²) >= 11 is 7.71. The fraction of sp³-hybridized carbons (Fsp3) is 0.286. The highest BCUT2D eigenvalue weighted by Crippen LogP contribution is 2.39. The van der Waals surface area contributed by atoms with E-state index in [9.17, 15) is 4.39 Å². The zero-order valence-electron chi connectivity index (χ0n) is 9.75. The van der Waals surface area contributed by atoms with Crippen LogP contribution in [0.15, 0.2) is 30.3 Å². The summed E-state index contributed by atoms with van der Waals surface area (Å²) in [6.45, 7) is 0. The molecule has 1 aromatic carbocycles. The molecule has 1 aliphatic rings. The van der Waals surface area contributed by atoms with Crippen molar-refractivity contribution < 1.29 is 4.39 Å². The van der Waals surface area contributed by atoms with E-state index in [0.29, 0.717) is 5.69 Å². The first-order chi connectivity index (χ1) is 8.74. The van der Waals surface area contributed by atoms with Crippen molar-refractivity contribution in [2.24, 2.45) is 0 Å². The minimum absolute atomic E-state index is 0.175. The normalized spacial score (nSPS) is 18.4. The van der Waals surface area contributed by atoms with E-state index in [1.807, 2.05) is 12.1 Å². The van der Waals surface area contributed by atoms with E-state index in [2.05, 4.69) is 5.32 Å². The van der Waals surface area contributed by atoms with Gasteiger partial charge < -0.3 is 5.32 Å². The predicted octanol–water partition coefficient (Wildman–Crippen LogP) is 5.03. The second-order valence-corrected chi connectivity index (χ2v) is 6.27. The van der Waals surface area contributed by atoms with Crippen molar-refractivity contribution in [1.29, 1.82) is 0 Å². The van der Waals surface area contributed by atoms with Crippen LogP contribution in [0.3, 0.4) is 0 Å². The molecule has 1 aromatic heterocycles. The van der Waals surface area contributed by atoms with Crippen molar-refractivity contribution in [2.75, 3.05) is 5.32 Å². The number of hydrogen-bond donors (Lipinski definition) is 1. The second kappa shape index (κ2) is 4.90. The maximum absolute atomic E-state index is 13.6. The Balaban J connectivity index is 1.88. The minimum atomic E-state index is -0.203. The standard InChI is InChI=1S/C14H13ClFNS/c15-14-8-9-11(6-3-7-13(9)18-14)17-12-5-2-1-4-10(12)16/h1-2,4-5,8,11,17H,3,6-7H2. The maximum atomic E-state index is 13.6. The highest BCUT2D eigenvalue weighted by Gasteiger charge is 2.23. The summed E-state index contributed by atoms with van der Waals surface area (Å²) in [5, 5.41) is 3.29. The largest absolute Gasteiger partial charge is 0.376 e. The first-order valence-electron chi connectivity index (χ1n) is 6.03. The summed E-state index contributed by atoms with van der Waals surface area (Å²) in [6.07, 6.45) is 3.23. The van der Waals surface area contributed by atoms with Gasteiger partial charge >= 0.3 is 0 Å². The third-order valence-corrected chi connectivity index (χ3v) is 4.63. The monoisotopic (exact) mass is 281 g/mol. The van der Waals surface area contributed by atoms with Crippen LogP contribution >= 0.6 is 22.9 Å². The number of aryl methyl sites for hydroxylation is 1. The lowest BCUT2D eigenvalue weighted by Crippen LogP contribution is -2.16. The smallest absolute Gasteiger partial charge is 0.146 e. The van der Waals surface area contributed by atoms with E-state index in [0.717, 1.165) is 23.6 Å². The van der Waals surface area contributed by atoms with Gasteiger partial charge in [-0.1, -0.05) is 23.7 Å². The van der Waals surface area contributed by atoms with E-state index >= 15 is 0 Å². The van der Waals surface area contributed by atoms with Crippen LogP contribution in [0.2, 0.25) is 4.34 Å².